The van der Waals surface area contributed by atoms with Gasteiger partial charge in [-0.3, -0.25) is 9.69 Å². The molecule has 34 heavy (non-hydrogen) atoms. The van der Waals surface area contributed by atoms with Crippen molar-refractivity contribution in [3.05, 3.63) is 65.5 Å². The van der Waals surface area contributed by atoms with Gasteiger partial charge in [0, 0.05) is 31.9 Å². The van der Waals surface area contributed by atoms with Gasteiger partial charge in [-0.1, -0.05) is 18.2 Å². The number of aromatic nitrogens is 2. The van der Waals surface area contributed by atoms with Gasteiger partial charge in [0.1, 0.15) is 5.75 Å². The van der Waals surface area contributed by atoms with Crippen LogP contribution < -0.4 is 10.1 Å². The third kappa shape index (κ3) is 5.46. The van der Waals surface area contributed by atoms with Gasteiger partial charge >= 0.3 is 0 Å². The fraction of sp³-hybridized carbons (Fsp3) is 0.333. The molecule has 0 aliphatic carbocycles. The zero-order valence-electron chi connectivity index (χ0n) is 20.4. The molecule has 1 amide bonds. The van der Waals surface area contributed by atoms with Crippen LogP contribution in [0.25, 0.3) is 5.69 Å². The van der Waals surface area contributed by atoms with Crippen molar-refractivity contribution in [2.75, 3.05) is 40.1 Å². The summed E-state index contributed by atoms with van der Waals surface area (Å²) in [5.41, 5.74) is 4.24. The van der Waals surface area contributed by atoms with Gasteiger partial charge in [-0.15, -0.1) is 0 Å². The number of anilines is 1. The number of likely N-dealkylation sites (N-methyl/N-ethyl adjacent to an activating group) is 1. The highest BCUT2D eigenvalue weighted by atomic mass is 32.2. The molecule has 0 atom stereocenters. The number of carbonyl (C=O) groups excluding carboxylic acids is 1. The lowest BCUT2D eigenvalue weighted by Crippen LogP contribution is -2.30. The van der Waals surface area contributed by atoms with E-state index >= 15 is 0 Å². The minimum absolute atomic E-state index is 0.0709. The number of hydrogen-bond acceptors (Lipinski definition) is 6. The molecule has 2 aromatic carbocycles. The van der Waals surface area contributed by atoms with E-state index in [0.717, 1.165) is 26.9 Å². The van der Waals surface area contributed by atoms with Crippen molar-refractivity contribution in [2.24, 2.45) is 0 Å². The van der Waals surface area contributed by atoms with E-state index in [1.165, 1.54) is 39.4 Å². The maximum atomic E-state index is 12.8. The summed E-state index contributed by atoms with van der Waals surface area (Å²) in [6.07, 6.45) is 0. The van der Waals surface area contributed by atoms with Gasteiger partial charge < -0.3 is 10.1 Å². The van der Waals surface area contributed by atoms with Crippen LogP contribution in [-0.2, 0) is 21.4 Å². The van der Waals surface area contributed by atoms with Crippen LogP contribution in [-0.4, -0.2) is 68.1 Å². The molecule has 0 radical (unpaired) electrons. The smallest absolute Gasteiger partial charge is 0.242 e. The minimum atomic E-state index is -3.65. The molecular weight excluding hydrogens is 454 g/mol. The van der Waals surface area contributed by atoms with Crippen molar-refractivity contribution in [3.8, 4) is 11.4 Å². The number of nitrogens with zero attached hydrogens (tertiary/aromatic N) is 4. The molecule has 1 aromatic heterocycles. The second-order valence-corrected chi connectivity index (χ2v) is 10.4. The lowest BCUT2D eigenvalue weighted by Gasteiger charge is -2.18. The number of methoxy groups -OCH3 is 1. The van der Waals surface area contributed by atoms with Gasteiger partial charge in [-0.05, 0) is 51.2 Å². The van der Waals surface area contributed by atoms with Crippen LogP contribution in [0.4, 0.5) is 5.69 Å². The topological polar surface area (TPSA) is 96.8 Å². The highest BCUT2D eigenvalue weighted by Gasteiger charge is 2.21. The van der Waals surface area contributed by atoms with Crippen molar-refractivity contribution in [1.29, 1.82) is 0 Å². The average molecular weight is 486 g/mol. The number of nitrogens with one attached hydrogen (secondary N) is 1. The Hall–Kier alpha value is -3.21. The highest BCUT2D eigenvalue weighted by molar-refractivity contribution is 7.89. The molecule has 0 aliphatic rings. The third-order valence-corrected chi connectivity index (χ3v) is 7.32. The van der Waals surface area contributed by atoms with E-state index in [0.29, 0.717) is 18.0 Å². The van der Waals surface area contributed by atoms with Crippen molar-refractivity contribution in [2.45, 2.75) is 25.3 Å². The summed E-state index contributed by atoms with van der Waals surface area (Å²) >= 11 is 0. The predicted molar refractivity (Wildman–Crippen MR) is 132 cm³/mol. The van der Waals surface area contributed by atoms with E-state index in [9.17, 15) is 13.2 Å². The third-order valence-electron chi connectivity index (χ3n) is 5.51. The first-order chi connectivity index (χ1) is 16.0. The summed E-state index contributed by atoms with van der Waals surface area (Å²) < 4.78 is 33.3. The molecule has 0 unspecified atom stereocenters. The second kappa shape index (κ2) is 10.4. The number of hydrogen-bond donors (Lipinski definition) is 1. The Morgan fingerprint density at radius 3 is 2.38 bits per heavy atom. The minimum Gasteiger partial charge on any atom is -0.495 e. The molecule has 1 heterocycles. The van der Waals surface area contributed by atoms with Gasteiger partial charge in [0.2, 0.25) is 15.9 Å². The van der Waals surface area contributed by atoms with Crippen LogP contribution >= 0.6 is 0 Å². The first-order valence-electron chi connectivity index (χ1n) is 10.7. The Bertz CT molecular complexity index is 1270. The first kappa shape index (κ1) is 25.4. The molecule has 0 bridgehead atoms. The Kier molecular flexibility index (Phi) is 7.75. The molecule has 1 N–H and O–H groups in total. The molecule has 3 aromatic rings. The van der Waals surface area contributed by atoms with Crippen LogP contribution in [0.3, 0.4) is 0 Å². The van der Waals surface area contributed by atoms with Crippen LogP contribution in [0.2, 0.25) is 0 Å². The monoisotopic (exact) mass is 485 g/mol. The molecule has 10 heteroatoms. The molecular formula is C24H31N5O4S. The Morgan fingerprint density at radius 1 is 1.09 bits per heavy atom. The summed E-state index contributed by atoms with van der Waals surface area (Å²) in [6.45, 7) is 4.60. The number of ether oxygens (including phenoxy) is 1. The molecule has 9 nitrogen and oxygen atoms in total. The SMILES string of the molecule is COc1ccc(S(=O)(=O)N(C)C)cc1NC(=O)CN(C)Cc1c(C)nn(-c2ccccc2)c1C. The van der Waals surface area contributed by atoms with E-state index in [1.54, 1.807) is 0 Å². The zero-order valence-corrected chi connectivity index (χ0v) is 21.2. The fourth-order valence-electron chi connectivity index (χ4n) is 3.64. The van der Waals surface area contributed by atoms with Crippen LogP contribution in [0.15, 0.2) is 53.4 Å². The number of aryl methyl sites for hydroxylation is 1. The van der Waals surface area contributed by atoms with Gasteiger partial charge in [-0.2, -0.15) is 5.10 Å². The second-order valence-electron chi connectivity index (χ2n) is 8.27. The molecule has 0 fully saturated rings. The van der Waals surface area contributed by atoms with E-state index in [2.05, 4.69) is 10.4 Å². The van der Waals surface area contributed by atoms with Gasteiger partial charge in [0.15, 0.2) is 0 Å². The quantitative estimate of drug-likeness (QED) is 0.501. The number of rotatable bonds is 9. The van der Waals surface area contributed by atoms with Crippen molar-refractivity contribution < 1.29 is 17.9 Å². The molecule has 0 aliphatic heterocycles. The Morgan fingerprint density at radius 2 is 1.76 bits per heavy atom. The number of sulfonamides is 1. The van der Waals surface area contributed by atoms with Gasteiger partial charge in [-0.25, -0.2) is 17.4 Å². The van der Waals surface area contributed by atoms with Gasteiger partial charge in [0.25, 0.3) is 0 Å². The Labute approximate surface area is 201 Å². The van der Waals surface area contributed by atoms with Crippen molar-refractivity contribution in [3.63, 3.8) is 0 Å². The lowest BCUT2D eigenvalue weighted by molar-refractivity contribution is -0.117. The maximum Gasteiger partial charge on any atom is 0.242 e. The molecule has 0 saturated carbocycles. The maximum absolute atomic E-state index is 12.8. The summed E-state index contributed by atoms with van der Waals surface area (Å²) in [5, 5.41) is 7.44. The molecule has 0 spiro atoms. The number of amides is 1. The summed E-state index contributed by atoms with van der Waals surface area (Å²) in [5.74, 6) is 0.0930. The molecule has 3 rings (SSSR count). The highest BCUT2D eigenvalue weighted by Crippen LogP contribution is 2.28. The average Bonchev–Trinajstić information content (AvgIpc) is 3.07. The first-order valence-corrected chi connectivity index (χ1v) is 12.2. The van der Waals surface area contributed by atoms with Crippen molar-refractivity contribution >= 4 is 21.6 Å². The standard InChI is InChI=1S/C24H31N5O4S/c1-17-21(18(2)29(26-17)19-10-8-7-9-11-19)15-28(5)16-24(30)25-22-14-20(12-13-23(22)33-6)34(31,32)27(3)4/h7-14H,15-16H2,1-6H3,(H,25,30). The zero-order chi connectivity index (χ0) is 25.0. The number of benzene rings is 2. The number of para-hydroxylation sites is 1. The van der Waals surface area contributed by atoms with E-state index in [-0.39, 0.29) is 17.3 Å². The summed E-state index contributed by atoms with van der Waals surface area (Å²) in [4.78, 5) is 14.7. The molecule has 0 saturated heterocycles. The lowest BCUT2D eigenvalue weighted by atomic mass is 10.2. The van der Waals surface area contributed by atoms with Crippen LogP contribution in [0.5, 0.6) is 5.75 Å². The van der Waals surface area contributed by atoms with E-state index in [1.807, 2.05) is 60.8 Å². The van der Waals surface area contributed by atoms with E-state index < -0.39 is 10.0 Å². The summed E-state index contributed by atoms with van der Waals surface area (Å²) in [7, 11) is 2.58. The van der Waals surface area contributed by atoms with Crippen LogP contribution in [0.1, 0.15) is 17.0 Å². The van der Waals surface area contributed by atoms with Crippen molar-refractivity contribution in [1.82, 2.24) is 19.0 Å². The fourth-order valence-corrected chi connectivity index (χ4v) is 4.57. The Balaban J connectivity index is 1.73. The van der Waals surface area contributed by atoms with Crippen LogP contribution in [0, 0.1) is 13.8 Å². The normalized spacial score (nSPS) is 11.8. The number of carbonyl (C=O) groups is 1. The predicted octanol–water partition coefficient (Wildman–Crippen LogP) is 2.82. The summed E-state index contributed by atoms with van der Waals surface area (Å²) in [6, 6.07) is 14.3. The largest absolute Gasteiger partial charge is 0.495 e. The molecule has 182 valence electrons. The van der Waals surface area contributed by atoms with Gasteiger partial charge in [0.05, 0.1) is 35.6 Å². The van der Waals surface area contributed by atoms with E-state index in [4.69, 9.17) is 4.74 Å².